The van der Waals surface area contributed by atoms with Gasteiger partial charge in [0.15, 0.2) is 0 Å². The number of nitrogen functional groups attached to an aromatic ring is 1. The molecule has 2 nitrogen and oxygen atoms in total. The first-order valence-corrected chi connectivity index (χ1v) is 7.41. The van der Waals surface area contributed by atoms with Crippen molar-refractivity contribution in [3.8, 4) is 0 Å². The van der Waals surface area contributed by atoms with E-state index in [1.165, 1.54) is 16.7 Å². The monoisotopic (exact) mass is 306 g/mol. The van der Waals surface area contributed by atoms with E-state index in [4.69, 9.17) is 28.9 Å². The molecule has 1 aliphatic rings. The molecule has 0 radical (unpaired) electrons. The number of hydrogen-bond donors (Lipinski definition) is 1. The molecule has 0 saturated carbocycles. The minimum Gasteiger partial charge on any atom is -0.399 e. The number of halogens is 2. The van der Waals surface area contributed by atoms with Crippen LogP contribution in [0.3, 0.4) is 0 Å². The molecule has 104 valence electrons. The van der Waals surface area contributed by atoms with Gasteiger partial charge in [0.05, 0.1) is 10.0 Å². The largest absolute Gasteiger partial charge is 0.399 e. The van der Waals surface area contributed by atoms with E-state index in [1.807, 2.05) is 24.3 Å². The smallest absolute Gasteiger partial charge is 0.0595 e. The van der Waals surface area contributed by atoms with Crippen molar-refractivity contribution in [2.75, 3.05) is 12.3 Å². The summed E-state index contributed by atoms with van der Waals surface area (Å²) in [5.41, 5.74) is 10.6. The molecule has 0 fully saturated rings. The fraction of sp³-hybridized carbons (Fsp3) is 0.250. The van der Waals surface area contributed by atoms with Gasteiger partial charge in [-0.25, -0.2) is 0 Å². The molecule has 2 aromatic carbocycles. The normalized spacial score (nSPS) is 15.1. The molecule has 2 aromatic rings. The van der Waals surface area contributed by atoms with Gasteiger partial charge in [0, 0.05) is 25.3 Å². The Bertz CT molecular complexity index is 640. The van der Waals surface area contributed by atoms with Crippen molar-refractivity contribution in [1.29, 1.82) is 0 Å². The van der Waals surface area contributed by atoms with Crippen molar-refractivity contribution in [1.82, 2.24) is 4.90 Å². The van der Waals surface area contributed by atoms with Crippen molar-refractivity contribution in [2.45, 2.75) is 19.5 Å². The van der Waals surface area contributed by atoms with Gasteiger partial charge in [-0.2, -0.15) is 0 Å². The quantitative estimate of drug-likeness (QED) is 0.845. The van der Waals surface area contributed by atoms with E-state index in [-0.39, 0.29) is 0 Å². The third-order valence-corrected chi connectivity index (χ3v) is 4.45. The van der Waals surface area contributed by atoms with E-state index >= 15 is 0 Å². The van der Waals surface area contributed by atoms with Crippen LogP contribution in [0.4, 0.5) is 5.69 Å². The summed E-state index contributed by atoms with van der Waals surface area (Å²) >= 11 is 12.0. The van der Waals surface area contributed by atoms with Crippen molar-refractivity contribution < 1.29 is 0 Å². The summed E-state index contributed by atoms with van der Waals surface area (Å²) in [4.78, 5) is 2.41. The van der Waals surface area contributed by atoms with Crippen LogP contribution in [0, 0.1) is 0 Å². The molecule has 0 spiro atoms. The Morgan fingerprint density at radius 2 is 1.85 bits per heavy atom. The van der Waals surface area contributed by atoms with Crippen LogP contribution in [-0.4, -0.2) is 11.4 Å². The molecule has 4 heteroatoms. The Morgan fingerprint density at radius 1 is 1.00 bits per heavy atom. The highest BCUT2D eigenvalue weighted by Gasteiger charge is 2.16. The SMILES string of the molecule is Nc1ccc2c(c1)CCN(Cc1ccc(Cl)c(Cl)c1)C2. The number of fused-ring (bicyclic) bond motifs is 1. The van der Waals surface area contributed by atoms with E-state index in [0.717, 1.165) is 31.7 Å². The minimum atomic E-state index is 0.606. The van der Waals surface area contributed by atoms with Gasteiger partial charge in [0.25, 0.3) is 0 Å². The van der Waals surface area contributed by atoms with Crippen LogP contribution in [0.15, 0.2) is 36.4 Å². The van der Waals surface area contributed by atoms with Crippen LogP contribution in [0.1, 0.15) is 16.7 Å². The molecule has 3 rings (SSSR count). The molecule has 0 amide bonds. The first kappa shape index (κ1) is 13.7. The first-order chi connectivity index (χ1) is 9.61. The predicted molar refractivity (Wildman–Crippen MR) is 85.1 cm³/mol. The van der Waals surface area contributed by atoms with Gasteiger partial charge in [0.2, 0.25) is 0 Å². The summed E-state index contributed by atoms with van der Waals surface area (Å²) in [7, 11) is 0. The zero-order valence-corrected chi connectivity index (χ0v) is 12.6. The number of hydrogen-bond acceptors (Lipinski definition) is 2. The summed E-state index contributed by atoms with van der Waals surface area (Å²) in [5, 5.41) is 1.23. The summed E-state index contributed by atoms with van der Waals surface area (Å²) in [6.45, 7) is 2.88. The second-order valence-corrected chi connectivity index (χ2v) is 6.05. The van der Waals surface area contributed by atoms with E-state index in [0.29, 0.717) is 10.0 Å². The van der Waals surface area contributed by atoms with Gasteiger partial charge in [-0.1, -0.05) is 35.3 Å². The number of anilines is 1. The second-order valence-electron chi connectivity index (χ2n) is 5.24. The summed E-state index contributed by atoms with van der Waals surface area (Å²) in [6, 6.07) is 12.0. The molecule has 0 bridgehead atoms. The van der Waals surface area contributed by atoms with E-state index in [1.54, 1.807) is 0 Å². The third kappa shape index (κ3) is 2.93. The topological polar surface area (TPSA) is 29.3 Å². The number of nitrogens with zero attached hydrogens (tertiary/aromatic N) is 1. The molecule has 0 atom stereocenters. The summed E-state index contributed by atoms with van der Waals surface area (Å²) in [6.07, 6.45) is 1.04. The van der Waals surface area contributed by atoms with Crippen LogP contribution >= 0.6 is 23.2 Å². The van der Waals surface area contributed by atoms with Crippen molar-refractivity contribution in [2.24, 2.45) is 0 Å². The lowest BCUT2D eigenvalue weighted by Gasteiger charge is -2.29. The lowest BCUT2D eigenvalue weighted by atomic mass is 9.98. The molecule has 1 aliphatic heterocycles. The molecular formula is C16H16Cl2N2. The first-order valence-electron chi connectivity index (χ1n) is 6.65. The van der Waals surface area contributed by atoms with Crippen molar-refractivity contribution >= 4 is 28.9 Å². The van der Waals surface area contributed by atoms with Gasteiger partial charge >= 0.3 is 0 Å². The van der Waals surface area contributed by atoms with Gasteiger partial charge in [-0.3, -0.25) is 4.90 Å². The molecule has 0 saturated heterocycles. The lowest BCUT2D eigenvalue weighted by Crippen LogP contribution is -2.30. The van der Waals surface area contributed by atoms with E-state index in [9.17, 15) is 0 Å². The summed E-state index contributed by atoms with van der Waals surface area (Å²) in [5.74, 6) is 0. The maximum Gasteiger partial charge on any atom is 0.0595 e. The fourth-order valence-corrected chi connectivity index (χ4v) is 2.98. The summed E-state index contributed by atoms with van der Waals surface area (Å²) < 4.78 is 0. The highest BCUT2D eigenvalue weighted by Crippen LogP contribution is 2.26. The van der Waals surface area contributed by atoms with E-state index < -0.39 is 0 Å². The molecule has 20 heavy (non-hydrogen) atoms. The number of benzene rings is 2. The average Bonchev–Trinajstić information content (AvgIpc) is 2.43. The maximum atomic E-state index is 6.07. The van der Waals surface area contributed by atoms with Gasteiger partial charge in [-0.15, -0.1) is 0 Å². The van der Waals surface area contributed by atoms with Crippen LogP contribution in [0.25, 0.3) is 0 Å². The van der Waals surface area contributed by atoms with Crippen LogP contribution in [0.2, 0.25) is 10.0 Å². The fourth-order valence-electron chi connectivity index (χ4n) is 2.66. The molecule has 2 N–H and O–H groups in total. The molecule has 0 aromatic heterocycles. The molecule has 0 aliphatic carbocycles. The van der Waals surface area contributed by atoms with Gasteiger partial charge < -0.3 is 5.73 Å². The van der Waals surface area contributed by atoms with Crippen LogP contribution in [-0.2, 0) is 19.5 Å². The van der Waals surface area contributed by atoms with Gasteiger partial charge in [0.1, 0.15) is 0 Å². The average molecular weight is 307 g/mol. The Kier molecular flexibility index (Phi) is 3.88. The van der Waals surface area contributed by atoms with E-state index in [2.05, 4.69) is 17.0 Å². The Morgan fingerprint density at radius 3 is 2.65 bits per heavy atom. The van der Waals surface area contributed by atoms with Crippen LogP contribution < -0.4 is 5.73 Å². The zero-order chi connectivity index (χ0) is 14.1. The Balaban J connectivity index is 1.74. The molecule has 0 unspecified atom stereocenters. The third-order valence-electron chi connectivity index (χ3n) is 3.71. The second kappa shape index (κ2) is 5.65. The Hall–Kier alpha value is -1.22. The van der Waals surface area contributed by atoms with Crippen molar-refractivity contribution in [3.63, 3.8) is 0 Å². The Labute approximate surface area is 129 Å². The predicted octanol–water partition coefficient (Wildman–Crippen LogP) is 4.13. The zero-order valence-electron chi connectivity index (χ0n) is 11.1. The number of rotatable bonds is 2. The number of nitrogens with two attached hydrogens (primary N) is 1. The minimum absolute atomic E-state index is 0.606. The highest BCUT2D eigenvalue weighted by molar-refractivity contribution is 6.42. The standard InChI is InChI=1S/C16H16Cl2N2/c17-15-4-1-11(7-16(15)18)9-20-6-5-12-8-14(19)3-2-13(12)10-20/h1-4,7-8H,5-6,9-10,19H2. The van der Waals surface area contributed by atoms with Crippen LogP contribution in [0.5, 0.6) is 0 Å². The molecule has 1 heterocycles. The molecular weight excluding hydrogens is 291 g/mol. The van der Waals surface area contributed by atoms with Crippen molar-refractivity contribution in [3.05, 3.63) is 63.1 Å². The maximum absolute atomic E-state index is 6.07. The highest BCUT2D eigenvalue weighted by atomic mass is 35.5. The van der Waals surface area contributed by atoms with Gasteiger partial charge in [-0.05, 0) is 47.4 Å². The lowest BCUT2D eigenvalue weighted by molar-refractivity contribution is 0.245.